The molecule has 0 amide bonds. The number of nitrogens with zero attached hydrogens (tertiary/aromatic N) is 4. The van der Waals surface area contributed by atoms with Crippen molar-refractivity contribution in [3.63, 3.8) is 0 Å². The number of fused-ring (bicyclic) bond motifs is 2. The Morgan fingerprint density at radius 3 is 2.65 bits per heavy atom. The van der Waals surface area contributed by atoms with Crippen molar-refractivity contribution in [2.75, 3.05) is 0 Å². The van der Waals surface area contributed by atoms with E-state index in [-0.39, 0.29) is 5.69 Å². The normalized spacial score (nSPS) is 12.3. The van der Waals surface area contributed by atoms with Crippen LogP contribution in [-0.2, 0) is 18.4 Å². The lowest BCUT2D eigenvalue weighted by Crippen LogP contribution is -2.31. The molecule has 4 aromatic rings. The highest BCUT2D eigenvalue weighted by Gasteiger charge is 2.26. The van der Waals surface area contributed by atoms with Gasteiger partial charge in [-0.3, -0.25) is 9.13 Å². The van der Waals surface area contributed by atoms with Gasteiger partial charge in [0.2, 0.25) is 0 Å². The van der Waals surface area contributed by atoms with Crippen LogP contribution in [0.4, 0.5) is 0 Å². The Morgan fingerprint density at radius 2 is 1.97 bits per heavy atom. The fourth-order valence-electron chi connectivity index (χ4n) is 4.46. The zero-order valence-electron chi connectivity index (χ0n) is 17.8. The zero-order chi connectivity index (χ0) is 22.3. The van der Waals surface area contributed by atoms with E-state index < -0.39 is 12.0 Å². The molecule has 158 valence electrons. The summed E-state index contributed by atoms with van der Waals surface area (Å²) in [4.78, 5) is 25.5. The highest BCUT2D eigenvalue weighted by molar-refractivity contribution is 5.87. The second-order valence-corrected chi connectivity index (χ2v) is 7.93. The molecule has 7 nitrogen and oxygen atoms in total. The minimum Gasteiger partial charge on any atom is -0.480 e. The number of hydrogen-bond acceptors (Lipinski definition) is 3. The molecular formula is C24H24N4O3. The number of hydrogen-bond donors (Lipinski definition) is 1. The van der Waals surface area contributed by atoms with Crippen LogP contribution in [0.3, 0.4) is 0 Å². The summed E-state index contributed by atoms with van der Waals surface area (Å²) in [6.07, 6.45) is 2.96. The Morgan fingerprint density at radius 1 is 1.19 bits per heavy atom. The second-order valence-electron chi connectivity index (χ2n) is 7.93. The van der Waals surface area contributed by atoms with Gasteiger partial charge in [-0.05, 0) is 48.7 Å². The highest BCUT2D eigenvalue weighted by Crippen LogP contribution is 2.27. The summed E-state index contributed by atoms with van der Waals surface area (Å²) in [5.41, 5.74) is 4.29. The van der Waals surface area contributed by atoms with Crippen molar-refractivity contribution in [3.8, 4) is 6.07 Å². The van der Waals surface area contributed by atoms with Crippen LogP contribution in [0.15, 0.2) is 47.4 Å². The minimum absolute atomic E-state index is 0.314. The quantitative estimate of drug-likeness (QED) is 0.515. The Bertz CT molecular complexity index is 1410. The predicted molar refractivity (Wildman–Crippen MR) is 119 cm³/mol. The molecule has 0 saturated heterocycles. The molecule has 0 unspecified atom stereocenters. The smallest absolute Gasteiger partial charge is 0.330 e. The third-order valence-corrected chi connectivity index (χ3v) is 5.88. The van der Waals surface area contributed by atoms with Crippen LogP contribution in [0.5, 0.6) is 0 Å². The van der Waals surface area contributed by atoms with Gasteiger partial charge in [-0.1, -0.05) is 25.5 Å². The summed E-state index contributed by atoms with van der Waals surface area (Å²) in [5, 5.41) is 20.2. The molecule has 2 heterocycles. The third-order valence-electron chi connectivity index (χ3n) is 5.88. The van der Waals surface area contributed by atoms with Crippen molar-refractivity contribution in [2.24, 2.45) is 7.05 Å². The lowest BCUT2D eigenvalue weighted by atomic mass is 10.1. The molecule has 4 rings (SSSR count). The predicted octanol–water partition coefficient (Wildman–Crippen LogP) is 3.95. The number of benzene rings is 2. The molecule has 0 saturated carbocycles. The molecule has 7 heteroatoms. The second kappa shape index (κ2) is 7.80. The minimum atomic E-state index is -1.05. The summed E-state index contributed by atoms with van der Waals surface area (Å²) in [6, 6.07) is 12.2. The van der Waals surface area contributed by atoms with Gasteiger partial charge in [-0.25, -0.2) is 9.59 Å². The third kappa shape index (κ3) is 3.30. The first-order chi connectivity index (χ1) is 14.9. The lowest BCUT2D eigenvalue weighted by Gasteiger charge is -2.13. The van der Waals surface area contributed by atoms with Crippen LogP contribution in [0.2, 0.25) is 0 Å². The summed E-state index contributed by atoms with van der Waals surface area (Å²) in [7, 11) is 1.97. The topological polar surface area (TPSA) is 92.9 Å². The van der Waals surface area contributed by atoms with Gasteiger partial charge < -0.3 is 9.67 Å². The van der Waals surface area contributed by atoms with Crippen molar-refractivity contribution in [1.29, 1.82) is 5.26 Å². The van der Waals surface area contributed by atoms with Crippen LogP contribution in [0, 0.1) is 18.3 Å². The van der Waals surface area contributed by atoms with E-state index in [1.807, 2.05) is 49.9 Å². The van der Waals surface area contributed by atoms with E-state index in [2.05, 4.69) is 6.07 Å². The number of nitriles is 1. The molecule has 0 fully saturated rings. The van der Waals surface area contributed by atoms with E-state index in [0.717, 1.165) is 22.0 Å². The fraction of sp³-hybridized carbons (Fsp3) is 0.292. The van der Waals surface area contributed by atoms with Gasteiger partial charge in [-0.15, -0.1) is 0 Å². The first-order valence-corrected chi connectivity index (χ1v) is 10.3. The van der Waals surface area contributed by atoms with E-state index in [4.69, 9.17) is 0 Å². The van der Waals surface area contributed by atoms with E-state index >= 15 is 0 Å². The molecule has 0 aliphatic carbocycles. The Hall–Kier alpha value is -3.79. The number of carboxylic acid groups (broad SMARTS) is 1. The first kappa shape index (κ1) is 20.5. The van der Waals surface area contributed by atoms with Crippen molar-refractivity contribution in [2.45, 2.75) is 39.3 Å². The van der Waals surface area contributed by atoms with Gasteiger partial charge in [0.15, 0.2) is 0 Å². The van der Waals surface area contributed by atoms with E-state index in [1.54, 1.807) is 22.8 Å². The molecule has 0 radical (unpaired) electrons. The van der Waals surface area contributed by atoms with Crippen molar-refractivity contribution < 1.29 is 9.90 Å². The molecule has 0 spiro atoms. The number of aliphatic carboxylic acids is 1. The number of rotatable bonds is 6. The van der Waals surface area contributed by atoms with Gasteiger partial charge in [-0.2, -0.15) is 5.26 Å². The zero-order valence-corrected chi connectivity index (χ0v) is 17.8. The number of aryl methyl sites for hydroxylation is 2. The Labute approximate surface area is 179 Å². The van der Waals surface area contributed by atoms with Crippen LogP contribution in [-0.4, -0.2) is 24.8 Å². The van der Waals surface area contributed by atoms with Crippen molar-refractivity contribution in [3.05, 3.63) is 69.8 Å². The Balaban J connectivity index is 1.98. The van der Waals surface area contributed by atoms with Crippen LogP contribution in [0.1, 0.15) is 42.5 Å². The van der Waals surface area contributed by atoms with E-state index in [9.17, 15) is 20.0 Å². The maximum Gasteiger partial charge on any atom is 0.330 e. The average molecular weight is 416 g/mol. The molecule has 31 heavy (non-hydrogen) atoms. The number of carbonyl (C=O) groups is 1. The average Bonchev–Trinajstić information content (AvgIpc) is 3.21. The summed E-state index contributed by atoms with van der Waals surface area (Å²) in [5.74, 6) is -1.05. The summed E-state index contributed by atoms with van der Waals surface area (Å²) < 4.78 is 4.98. The van der Waals surface area contributed by atoms with Gasteiger partial charge in [0.1, 0.15) is 6.04 Å². The maximum atomic E-state index is 13.5. The highest BCUT2D eigenvalue weighted by atomic mass is 16.4. The Kier molecular flexibility index (Phi) is 5.15. The molecule has 0 aliphatic heterocycles. The molecule has 1 atom stereocenters. The lowest BCUT2D eigenvalue weighted by molar-refractivity contribution is -0.141. The maximum absolute atomic E-state index is 13.5. The summed E-state index contributed by atoms with van der Waals surface area (Å²) >= 11 is 0. The van der Waals surface area contributed by atoms with Crippen LogP contribution in [0.25, 0.3) is 21.9 Å². The van der Waals surface area contributed by atoms with Crippen LogP contribution >= 0.6 is 0 Å². The van der Waals surface area contributed by atoms with Crippen molar-refractivity contribution >= 4 is 27.9 Å². The number of imidazole rings is 1. The molecular weight excluding hydrogens is 392 g/mol. The van der Waals surface area contributed by atoms with E-state index in [1.165, 1.54) is 4.57 Å². The van der Waals surface area contributed by atoms with Gasteiger partial charge >= 0.3 is 11.7 Å². The van der Waals surface area contributed by atoms with Gasteiger partial charge in [0, 0.05) is 24.1 Å². The molecule has 0 bridgehead atoms. The van der Waals surface area contributed by atoms with Crippen molar-refractivity contribution in [1.82, 2.24) is 13.7 Å². The first-order valence-electron chi connectivity index (χ1n) is 10.3. The number of aromatic nitrogens is 3. The largest absolute Gasteiger partial charge is 0.480 e. The monoisotopic (exact) mass is 416 g/mol. The fourth-order valence-corrected chi connectivity index (χ4v) is 4.46. The number of carboxylic acids is 1. The molecule has 1 N–H and O–H groups in total. The standard InChI is InChI=1S/C24H24N4O3/c1-4-6-20(23(29)30)28-21-11-16(12-25)9-10-18(21)27(24(28)31)14-17-13-26(3)19-8-5-7-15(2)22(17)19/h5,7-11,13,20H,4,6,14H2,1-3H3,(H,29,30)/t20-/m0/s1. The van der Waals surface area contributed by atoms with E-state index in [0.29, 0.717) is 36.0 Å². The SMILES string of the molecule is CCC[C@@H](C(=O)O)n1c(=O)n(Cc2cn(C)c3cccc(C)c23)c2ccc(C#N)cc21. The van der Waals surface area contributed by atoms with Gasteiger partial charge in [0.05, 0.1) is 29.2 Å². The molecule has 0 aliphatic rings. The summed E-state index contributed by atoms with van der Waals surface area (Å²) in [6.45, 7) is 4.24. The van der Waals surface area contributed by atoms with Crippen LogP contribution < -0.4 is 5.69 Å². The molecule has 2 aromatic carbocycles. The van der Waals surface area contributed by atoms with Gasteiger partial charge in [0.25, 0.3) is 0 Å². The molecule has 2 aromatic heterocycles.